The number of hydrogen-bond donors (Lipinski definition) is 0. The van der Waals surface area contributed by atoms with E-state index in [9.17, 15) is 9.59 Å². The first-order chi connectivity index (χ1) is 16.0. The summed E-state index contributed by atoms with van der Waals surface area (Å²) in [5, 5.41) is 0. The van der Waals surface area contributed by atoms with Gasteiger partial charge in [-0.15, -0.1) is 0 Å². The number of carbonyl (C=O) groups is 1. The highest BCUT2D eigenvalue weighted by atomic mass is 79.9. The van der Waals surface area contributed by atoms with Gasteiger partial charge >= 0.3 is 5.97 Å². The highest BCUT2D eigenvalue weighted by Crippen LogP contribution is 2.31. The third-order valence-electron chi connectivity index (χ3n) is 5.32. The summed E-state index contributed by atoms with van der Waals surface area (Å²) in [6, 6.07) is 14.6. The van der Waals surface area contributed by atoms with Gasteiger partial charge in [0.25, 0.3) is 5.56 Å². The SMILES string of the molecule is CCOc1ccc(/C=c2\sc3n(c2=O)[C@H](c2ccccc2)C(C(=O)OC)=C(CC)N=3)cc1Br. The minimum absolute atomic E-state index is 0.200. The van der Waals surface area contributed by atoms with Crippen molar-refractivity contribution in [3.8, 4) is 5.75 Å². The van der Waals surface area contributed by atoms with Crippen LogP contribution in [-0.2, 0) is 9.53 Å². The number of methoxy groups -OCH3 is 1. The molecule has 1 aromatic heterocycles. The molecule has 170 valence electrons. The lowest BCUT2D eigenvalue weighted by molar-refractivity contribution is -0.136. The molecule has 1 aliphatic heterocycles. The first kappa shape index (κ1) is 23.2. The van der Waals surface area contributed by atoms with Gasteiger partial charge in [0.15, 0.2) is 4.80 Å². The summed E-state index contributed by atoms with van der Waals surface area (Å²) in [6.07, 6.45) is 2.38. The highest BCUT2D eigenvalue weighted by Gasteiger charge is 2.33. The molecule has 6 nitrogen and oxygen atoms in total. The minimum atomic E-state index is -0.598. The van der Waals surface area contributed by atoms with Crippen LogP contribution in [0.5, 0.6) is 5.75 Å². The predicted octanol–water partition coefficient (Wildman–Crippen LogP) is 3.96. The molecule has 33 heavy (non-hydrogen) atoms. The van der Waals surface area contributed by atoms with Gasteiger partial charge in [-0.1, -0.05) is 54.7 Å². The van der Waals surface area contributed by atoms with Gasteiger partial charge in [0.05, 0.1) is 40.0 Å². The molecule has 0 spiro atoms. The van der Waals surface area contributed by atoms with Gasteiger partial charge in [-0.3, -0.25) is 9.36 Å². The van der Waals surface area contributed by atoms with Crippen molar-refractivity contribution < 1.29 is 14.3 Å². The average molecular weight is 527 g/mol. The van der Waals surface area contributed by atoms with E-state index in [1.807, 2.05) is 68.5 Å². The summed E-state index contributed by atoms with van der Waals surface area (Å²) in [5.74, 6) is 0.268. The molecule has 0 radical (unpaired) electrons. The predicted molar refractivity (Wildman–Crippen MR) is 132 cm³/mol. The molecule has 0 bridgehead atoms. The van der Waals surface area contributed by atoms with Crippen molar-refractivity contribution in [3.63, 3.8) is 0 Å². The number of fused-ring (bicyclic) bond motifs is 1. The van der Waals surface area contributed by atoms with Crippen LogP contribution < -0.4 is 19.6 Å². The molecule has 8 heteroatoms. The number of ether oxygens (including phenoxy) is 2. The van der Waals surface area contributed by atoms with Crippen molar-refractivity contribution in [1.82, 2.24) is 4.57 Å². The Hall–Kier alpha value is -2.97. The summed E-state index contributed by atoms with van der Waals surface area (Å²) in [5.41, 5.74) is 2.51. The first-order valence-electron chi connectivity index (χ1n) is 10.6. The number of hydrogen-bond acceptors (Lipinski definition) is 6. The maximum Gasteiger partial charge on any atom is 0.338 e. The van der Waals surface area contributed by atoms with E-state index in [2.05, 4.69) is 20.9 Å². The molecular weight excluding hydrogens is 504 g/mol. The number of halogens is 1. The van der Waals surface area contributed by atoms with Crippen molar-refractivity contribution >= 4 is 39.3 Å². The number of thiazole rings is 1. The Morgan fingerprint density at radius 2 is 1.97 bits per heavy atom. The lowest BCUT2D eigenvalue weighted by Crippen LogP contribution is -2.40. The Bertz CT molecular complexity index is 1410. The zero-order valence-corrected chi connectivity index (χ0v) is 20.9. The van der Waals surface area contributed by atoms with Crippen LogP contribution in [0.2, 0.25) is 0 Å². The highest BCUT2D eigenvalue weighted by molar-refractivity contribution is 9.10. The van der Waals surface area contributed by atoms with Crippen molar-refractivity contribution in [3.05, 3.63) is 95.1 Å². The monoisotopic (exact) mass is 526 g/mol. The number of allylic oxidation sites excluding steroid dienone is 1. The zero-order chi connectivity index (χ0) is 23.5. The van der Waals surface area contributed by atoms with Gasteiger partial charge in [-0.25, -0.2) is 9.79 Å². The quantitative estimate of drug-likeness (QED) is 0.456. The van der Waals surface area contributed by atoms with Crippen molar-refractivity contribution in [2.24, 2.45) is 4.99 Å². The molecule has 0 amide bonds. The molecule has 1 aliphatic rings. The summed E-state index contributed by atoms with van der Waals surface area (Å²) in [7, 11) is 1.35. The van der Waals surface area contributed by atoms with Gasteiger partial charge < -0.3 is 9.47 Å². The normalized spacial score (nSPS) is 15.8. The van der Waals surface area contributed by atoms with E-state index in [0.29, 0.717) is 33.6 Å². The van der Waals surface area contributed by atoms with E-state index in [1.165, 1.54) is 18.4 Å². The van der Waals surface area contributed by atoms with E-state index in [-0.39, 0.29) is 5.56 Å². The van der Waals surface area contributed by atoms with E-state index in [4.69, 9.17) is 9.47 Å². The van der Waals surface area contributed by atoms with Crippen LogP contribution in [0, 0.1) is 0 Å². The zero-order valence-electron chi connectivity index (χ0n) is 18.5. The number of benzene rings is 2. The molecule has 2 aromatic carbocycles. The molecule has 2 heterocycles. The van der Waals surface area contributed by atoms with Gasteiger partial charge in [0, 0.05) is 0 Å². The molecule has 0 aliphatic carbocycles. The van der Waals surface area contributed by atoms with Gasteiger partial charge in [0.2, 0.25) is 0 Å². The van der Waals surface area contributed by atoms with Crippen LogP contribution in [0.1, 0.15) is 37.4 Å². The topological polar surface area (TPSA) is 69.9 Å². The van der Waals surface area contributed by atoms with Crippen molar-refractivity contribution in [1.29, 1.82) is 0 Å². The third-order valence-corrected chi connectivity index (χ3v) is 6.92. The Kier molecular flexibility index (Phi) is 6.95. The fraction of sp³-hybridized carbons (Fsp3) is 0.240. The second-order valence-corrected chi connectivity index (χ2v) is 9.19. The Balaban J connectivity index is 1.93. The maximum absolute atomic E-state index is 13.6. The third kappa shape index (κ3) is 4.45. The van der Waals surface area contributed by atoms with Gasteiger partial charge in [-0.2, -0.15) is 0 Å². The summed E-state index contributed by atoms with van der Waals surface area (Å²) < 4.78 is 13.6. The lowest BCUT2D eigenvalue weighted by Gasteiger charge is -2.25. The second kappa shape index (κ2) is 9.89. The standard InChI is InChI=1S/C25H23BrN2O4S/c1-4-18-21(24(30)31-3)22(16-9-7-6-8-10-16)28-23(29)20(33-25(28)27-18)14-15-11-12-19(32-5-2)17(26)13-15/h6-14,22H,4-5H2,1-3H3/b20-14-/t22-/m1/s1. The average Bonchev–Trinajstić information content (AvgIpc) is 3.14. The summed E-state index contributed by atoms with van der Waals surface area (Å²) in [4.78, 5) is 31.6. The fourth-order valence-electron chi connectivity index (χ4n) is 3.85. The maximum atomic E-state index is 13.6. The van der Waals surface area contributed by atoms with Crippen LogP contribution in [-0.4, -0.2) is 24.3 Å². The molecule has 0 saturated heterocycles. The number of esters is 1. The number of nitrogens with zero attached hydrogens (tertiary/aromatic N) is 2. The Labute approximate surface area is 203 Å². The number of rotatable bonds is 6. The van der Waals surface area contributed by atoms with Crippen molar-refractivity contribution in [2.45, 2.75) is 26.3 Å². The minimum Gasteiger partial charge on any atom is -0.493 e. The number of aromatic nitrogens is 1. The fourth-order valence-corrected chi connectivity index (χ4v) is 5.38. The number of carbonyl (C=O) groups excluding carboxylic acids is 1. The van der Waals surface area contributed by atoms with Crippen LogP contribution in [0.15, 0.2) is 74.1 Å². The first-order valence-corrected chi connectivity index (χ1v) is 12.2. The molecular formula is C25H23BrN2O4S. The smallest absolute Gasteiger partial charge is 0.338 e. The lowest BCUT2D eigenvalue weighted by atomic mass is 9.95. The van der Waals surface area contributed by atoms with Crippen LogP contribution in [0.25, 0.3) is 6.08 Å². The largest absolute Gasteiger partial charge is 0.493 e. The van der Waals surface area contributed by atoms with E-state index >= 15 is 0 Å². The van der Waals surface area contributed by atoms with Crippen molar-refractivity contribution in [2.75, 3.05) is 13.7 Å². The summed E-state index contributed by atoms with van der Waals surface area (Å²) >= 11 is 4.84. The Morgan fingerprint density at radius 3 is 2.61 bits per heavy atom. The molecule has 0 N–H and O–H groups in total. The van der Waals surface area contributed by atoms with Crippen LogP contribution >= 0.6 is 27.3 Å². The molecule has 4 rings (SSSR count). The molecule has 1 atom stereocenters. The van der Waals surface area contributed by atoms with E-state index in [0.717, 1.165) is 21.3 Å². The van der Waals surface area contributed by atoms with E-state index < -0.39 is 12.0 Å². The van der Waals surface area contributed by atoms with E-state index in [1.54, 1.807) is 4.57 Å². The van der Waals surface area contributed by atoms with Gasteiger partial charge in [-0.05, 0) is 58.6 Å². The summed E-state index contributed by atoms with van der Waals surface area (Å²) in [6.45, 7) is 4.44. The Morgan fingerprint density at radius 1 is 1.21 bits per heavy atom. The molecule has 3 aromatic rings. The molecule has 0 saturated carbocycles. The van der Waals surface area contributed by atoms with Gasteiger partial charge in [0.1, 0.15) is 5.75 Å². The molecule has 0 fully saturated rings. The molecule has 0 unspecified atom stereocenters. The second-order valence-electron chi connectivity index (χ2n) is 7.32. The van der Waals surface area contributed by atoms with Crippen LogP contribution in [0.3, 0.4) is 0 Å². The van der Waals surface area contributed by atoms with Crippen LogP contribution in [0.4, 0.5) is 0 Å².